The van der Waals surface area contributed by atoms with Gasteiger partial charge < -0.3 is 10.1 Å². The molecule has 7 nitrogen and oxygen atoms in total. The highest BCUT2D eigenvalue weighted by atomic mass is 32.2. The molecule has 0 aliphatic rings. The maximum Gasteiger partial charge on any atom is 0.263 e. The summed E-state index contributed by atoms with van der Waals surface area (Å²) in [5.74, 6) is 1.32. The molecule has 0 spiro atoms. The second-order valence-electron chi connectivity index (χ2n) is 5.96. The summed E-state index contributed by atoms with van der Waals surface area (Å²) in [5, 5.41) is 11.1. The number of hydrogen-bond acceptors (Lipinski definition) is 6. The maximum atomic E-state index is 12.5. The summed E-state index contributed by atoms with van der Waals surface area (Å²) >= 11 is 0. The Hall–Kier alpha value is -3.13. The Balaban J connectivity index is 1.72. The van der Waals surface area contributed by atoms with E-state index in [-0.39, 0.29) is 10.7 Å². The molecule has 28 heavy (non-hydrogen) atoms. The van der Waals surface area contributed by atoms with Gasteiger partial charge in [0.2, 0.25) is 0 Å². The second-order valence-corrected chi connectivity index (χ2v) is 7.64. The molecule has 8 heteroatoms. The second kappa shape index (κ2) is 8.71. The van der Waals surface area contributed by atoms with Gasteiger partial charge in [0.05, 0.1) is 17.2 Å². The first-order valence-electron chi connectivity index (χ1n) is 8.96. The summed E-state index contributed by atoms with van der Waals surface area (Å²) in [5.41, 5.74) is 1.82. The topological polar surface area (TPSA) is 93.2 Å². The molecule has 0 saturated carbocycles. The van der Waals surface area contributed by atoms with Gasteiger partial charge in [-0.15, -0.1) is 10.2 Å². The summed E-state index contributed by atoms with van der Waals surface area (Å²) in [6.07, 6.45) is 0.847. The zero-order valence-electron chi connectivity index (χ0n) is 15.7. The number of anilines is 3. The van der Waals surface area contributed by atoms with Gasteiger partial charge in [0.1, 0.15) is 5.75 Å². The molecule has 1 aromatic heterocycles. The van der Waals surface area contributed by atoms with Gasteiger partial charge in [-0.25, -0.2) is 8.42 Å². The highest BCUT2D eigenvalue weighted by Gasteiger charge is 2.15. The van der Waals surface area contributed by atoms with Gasteiger partial charge >= 0.3 is 0 Å². The fourth-order valence-corrected chi connectivity index (χ4v) is 3.54. The van der Waals surface area contributed by atoms with Crippen LogP contribution in [0.2, 0.25) is 0 Å². The van der Waals surface area contributed by atoms with Crippen LogP contribution in [0.15, 0.2) is 65.6 Å². The molecule has 0 fully saturated rings. The standard InChI is InChI=1S/C20H22N4O3S/c1-3-15-9-11-16(12-10-15)28(25,26)24-20-14-13-19(22-23-20)21-17-7-5-6-8-18(17)27-4-2/h5-14H,3-4H2,1-2H3,(H,21,22)(H,23,24). The number of benzene rings is 2. The smallest absolute Gasteiger partial charge is 0.263 e. The monoisotopic (exact) mass is 398 g/mol. The fraction of sp³-hybridized carbons (Fsp3) is 0.200. The number of nitrogens with one attached hydrogen (secondary N) is 2. The Morgan fingerprint density at radius 2 is 1.57 bits per heavy atom. The van der Waals surface area contributed by atoms with E-state index in [1.165, 1.54) is 0 Å². The number of sulfonamides is 1. The first kappa shape index (κ1) is 19.6. The first-order chi connectivity index (χ1) is 13.5. The Morgan fingerprint density at radius 3 is 2.21 bits per heavy atom. The summed E-state index contributed by atoms with van der Waals surface area (Å²) in [6.45, 7) is 4.47. The van der Waals surface area contributed by atoms with Gasteiger partial charge in [0.25, 0.3) is 10.0 Å². The van der Waals surface area contributed by atoms with E-state index in [1.807, 2.05) is 38.1 Å². The number of aromatic nitrogens is 2. The van der Waals surface area contributed by atoms with Crippen molar-refractivity contribution in [1.82, 2.24) is 10.2 Å². The van der Waals surface area contributed by atoms with Gasteiger partial charge in [0, 0.05) is 0 Å². The molecule has 0 aliphatic heterocycles. The van der Waals surface area contributed by atoms with Crippen LogP contribution in [-0.4, -0.2) is 25.2 Å². The van der Waals surface area contributed by atoms with Crippen molar-refractivity contribution in [3.8, 4) is 5.75 Å². The molecule has 3 aromatic rings. The molecule has 2 aromatic carbocycles. The third kappa shape index (κ3) is 4.77. The van der Waals surface area contributed by atoms with Crippen LogP contribution in [0, 0.1) is 0 Å². The lowest BCUT2D eigenvalue weighted by atomic mass is 10.2. The largest absolute Gasteiger partial charge is 0.492 e. The average molecular weight is 398 g/mol. The SMILES string of the molecule is CCOc1ccccc1Nc1ccc(NS(=O)(=O)c2ccc(CC)cc2)nn1. The van der Waals surface area contributed by atoms with Crippen molar-refractivity contribution in [2.75, 3.05) is 16.6 Å². The van der Waals surface area contributed by atoms with Crippen LogP contribution in [0.5, 0.6) is 5.75 Å². The van der Waals surface area contributed by atoms with Crippen LogP contribution in [0.4, 0.5) is 17.3 Å². The Kier molecular flexibility index (Phi) is 6.10. The van der Waals surface area contributed by atoms with Crippen molar-refractivity contribution >= 4 is 27.3 Å². The molecule has 0 atom stereocenters. The lowest BCUT2D eigenvalue weighted by Crippen LogP contribution is -2.14. The van der Waals surface area contributed by atoms with Gasteiger partial charge in [-0.3, -0.25) is 4.72 Å². The van der Waals surface area contributed by atoms with Crippen LogP contribution in [0.25, 0.3) is 0 Å². The Morgan fingerprint density at radius 1 is 0.893 bits per heavy atom. The van der Waals surface area contributed by atoms with Crippen LogP contribution in [0.1, 0.15) is 19.4 Å². The molecule has 3 rings (SSSR count). The van der Waals surface area contributed by atoms with Crippen molar-refractivity contribution in [1.29, 1.82) is 0 Å². The van der Waals surface area contributed by atoms with E-state index in [2.05, 4.69) is 20.2 Å². The summed E-state index contributed by atoms with van der Waals surface area (Å²) in [4.78, 5) is 0.180. The number of ether oxygens (including phenoxy) is 1. The summed E-state index contributed by atoms with van der Waals surface area (Å²) < 4.78 is 33.0. The van der Waals surface area contributed by atoms with E-state index in [0.717, 1.165) is 17.7 Å². The minimum atomic E-state index is -3.72. The fourth-order valence-electron chi connectivity index (χ4n) is 2.54. The van der Waals surface area contributed by atoms with Crippen LogP contribution in [0.3, 0.4) is 0 Å². The van der Waals surface area contributed by atoms with Gasteiger partial charge in [-0.1, -0.05) is 31.2 Å². The average Bonchev–Trinajstić information content (AvgIpc) is 2.71. The van der Waals surface area contributed by atoms with E-state index in [9.17, 15) is 8.42 Å². The molecule has 0 unspecified atom stereocenters. The van der Waals surface area contributed by atoms with Crippen LogP contribution < -0.4 is 14.8 Å². The highest BCUT2D eigenvalue weighted by Crippen LogP contribution is 2.26. The minimum Gasteiger partial charge on any atom is -0.492 e. The number of hydrogen-bond donors (Lipinski definition) is 2. The minimum absolute atomic E-state index is 0.142. The summed E-state index contributed by atoms with van der Waals surface area (Å²) in [7, 11) is -3.72. The van der Waals surface area contributed by atoms with Crippen molar-refractivity contribution in [3.63, 3.8) is 0 Å². The molecular weight excluding hydrogens is 376 g/mol. The zero-order chi connectivity index (χ0) is 20.0. The van der Waals surface area contributed by atoms with Gasteiger partial charge in [-0.2, -0.15) is 0 Å². The van der Waals surface area contributed by atoms with E-state index in [0.29, 0.717) is 18.2 Å². The quantitative estimate of drug-likeness (QED) is 0.596. The van der Waals surface area contributed by atoms with Crippen LogP contribution >= 0.6 is 0 Å². The lowest BCUT2D eigenvalue weighted by Gasteiger charge is -2.12. The number of para-hydroxylation sites is 2. The molecule has 2 N–H and O–H groups in total. The Labute approximate surface area is 164 Å². The zero-order valence-corrected chi connectivity index (χ0v) is 16.5. The molecule has 1 heterocycles. The van der Waals surface area contributed by atoms with Gasteiger partial charge in [-0.05, 0) is 55.3 Å². The molecule has 0 bridgehead atoms. The van der Waals surface area contributed by atoms with Crippen molar-refractivity contribution in [3.05, 3.63) is 66.2 Å². The van der Waals surface area contributed by atoms with Gasteiger partial charge in [0.15, 0.2) is 11.6 Å². The third-order valence-electron chi connectivity index (χ3n) is 4.00. The molecular formula is C20H22N4O3S. The van der Waals surface area contributed by atoms with Crippen molar-refractivity contribution in [2.24, 2.45) is 0 Å². The van der Waals surface area contributed by atoms with Crippen molar-refractivity contribution < 1.29 is 13.2 Å². The van der Waals surface area contributed by atoms with E-state index in [1.54, 1.807) is 36.4 Å². The molecule has 0 radical (unpaired) electrons. The number of nitrogens with zero attached hydrogens (tertiary/aromatic N) is 2. The number of aryl methyl sites for hydroxylation is 1. The van der Waals surface area contributed by atoms with E-state index < -0.39 is 10.0 Å². The first-order valence-corrected chi connectivity index (χ1v) is 10.4. The van der Waals surface area contributed by atoms with E-state index >= 15 is 0 Å². The summed E-state index contributed by atoms with van der Waals surface area (Å²) in [6, 6.07) is 17.4. The molecule has 0 aliphatic carbocycles. The Bertz CT molecular complexity index is 1020. The van der Waals surface area contributed by atoms with E-state index in [4.69, 9.17) is 4.74 Å². The maximum absolute atomic E-state index is 12.5. The molecule has 0 amide bonds. The normalized spacial score (nSPS) is 11.1. The van der Waals surface area contributed by atoms with Crippen LogP contribution in [-0.2, 0) is 16.4 Å². The predicted octanol–water partition coefficient (Wildman–Crippen LogP) is 3.98. The third-order valence-corrected chi connectivity index (χ3v) is 5.37. The molecule has 0 saturated heterocycles. The number of rotatable bonds is 8. The molecule has 146 valence electrons. The van der Waals surface area contributed by atoms with Crippen molar-refractivity contribution in [2.45, 2.75) is 25.2 Å². The lowest BCUT2D eigenvalue weighted by molar-refractivity contribution is 0.342. The highest BCUT2D eigenvalue weighted by molar-refractivity contribution is 7.92. The predicted molar refractivity (Wildman–Crippen MR) is 110 cm³/mol.